The van der Waals surface area contributed by atoms with Gasteiger partial charge in [-0.3, -0.25) is 4.79 Å². The molecule has 1 aliphatic rings. The van der Waals surface area contributed by atoms with E-state index < -0.39 is 0 Å². The fraction of sp³-hybridized carbons (Fsp3) is 0.611. The van der Waals surface area contributed by atoms with Crippen molar-refractivity contribution in [1.29, 1.82) is 0 Å². The number of nitrogens with one attached hydrogen (secondary N) is 2. The van der Waals surface area contributed by atoms with Gasteiger partial charge in [0, 0.05) is 12.5 Å². The van der Waals surface area contributed by atoms with E-state index in [1.807, 2.05) is 0 Å². The number of hydrogen-bond donors (Lipinski definition) is 2. The minimum atomic E-state index is 0. The second-order valence-corrected chi connectivity index (χ2v) is 6.68. The fourth-order valence-electron chi connectivity index (χ4n) is 2.70. The molecule has 0 aromatic heterocycles. The largest absolute Gasteiger partial charge is 0.352 e. The fourth-order valence-corrected chi connectivity index (χ4v) is 2.70. The molecule has 0 saturated carbocycles. The normalized spacial score (nSPS) is 16.0. The van der Waals surface area contributed by atoms with E-state index in [2.05, 4.69) is 55.7 Å². The molecule has 1 saturated heterocycles. The van der Waals surface area contributed by atoms with Gasteiger partial charge in [-0.1, -0.05) is 45.0 Å². The number of benzene rings is 1. The molecule has 0 atom stereocenters. The van der Waals surface area contributed by atoms with Crippen molar-refractivity contribution in [2.24, 2.45) is 5.92 Å². The molecule has 1 amide bonds. The van der Waals surface area contributed by atoms with Crippen LogP contribution in [0.2, 0.25) is 0 Å². The standard InChI is InChI=1S/C18H28N2O.ClH/c1-4-18(2,3)16-7-5-14(6-8-16)13-20-17(21)15-9-11-19-12-10-15;/h5-8,15,19H,4,9-13H2,1-3H3,(H,20,21);1H. The zero-order valence-electron chi connectivity index (χ0n) is 13.9. The highest BCUT2D eigenvalue weighted by Crippen LogP contribution is 2.26. The summed E-state index contributed by atoms with van der Waals surface area (Å²) in [6, 6.07) is 8.65. The summed E-state index contributed by atoms with van der Waals surface area (Å²) in [5.74, 6) is 0.388. The first-order valence-electron chi connectivity index (χ1n) is 8.11. The van der Waals surface area contributed by atoms with Gasteiger partial charge in [-0.05, 0) is 48.9 Å². The van der Waals surface area contributed by atoms with Crippen LogP contribution in [0.25, 0.3) is 0 Å². The van der Waals surface area contributed by atoms with Gasteiger partial charge in [-0.2, -0.15) is 0 Å². The Kier molecular flexibility index (Phi) is 7.37. The molecule has 0 aliphatic carbocycles. The topological polar surface area (TPSA) is 41.1 Å². The summed E-state index contributed by atoms with van der Waals surface area (Å²) in [5, 5.41) is 6.36. The zero-order valence-corrected chi connectivity index (χ0v) is 14.8. The Morgan fingerprint density at radius 1 is 1.23 bits per heavy atom. The molecule has 1 heterocycles. The predicted molar refractivity (Wildman–Crippen MR) is 94.4 cm³/mol. The first-order valence-corrected chi connectivity index (χ1v) is 8.11. The maximum atomic E-state index is 12.1. The lowest BCUT2D eigenvalue weighted by molar-refractivity contribution is -0.125. The van der Waals surface area contributed by atoms with Crippen molar-refractivity contribution in [1.82, 2.24) is 10.6 Å². The van der Waals surface area contributed by atoms with Crippen LogP contribution in [-0.2, 0) is 16.8 Å². The number of carbonyl (C=O) groups is 1. The van der Waals surface area contributed by atoms with Crippen molar-refractivity contribution in [2.45, 2.75) is 52.0 Å². The molecule has 0 unspecified atom stereocenters. The maximum Gasteiger partial charge on any atom is 0.223 e. The van der Waals surface area contributed by atoms with Gasteiger partial charge in [0.1, 0.15) is 0 Å². The van der Waals surface area contributed by atoms with Crippen LogP contribution in [0, 0.1) is 5.92 Å². The first-order chi connectivity index (χ1) is 10.0. The van der Waals surface area contributed by atoms with Gasteiger partial charge in [0.15, 0.2) is 0 Å². The summed E-state index contributed by atoms with van der Waals surface area (Å²) in [4.78, 5) is 12.1. The van der Waals surface area contributed by atoms with Gasteiger partial charge in [-0.25, -0.2) is 0 Å². The van der Waals surface area contributed by atoms with Crippen LogP contribution >= 0.6 is 12.4 Å². The van der Waals surface area contributed by atoms with Crippen molar-refractivity contribution in [3.63, 3.8) is 0 Å². The lowest BCUT2D eigenvalue weighted by atomic mass is 9.82. The van der Waals surface area contributed by atoms with Crippen LogP contribution < -0.4 is 10.6 Å². The molecule has 3 nitrogen and oxygen atoms in total. The highest BCUT2D eigenvalue weighted by atomic mass is 35.5. The Morgan fingerprint density at radius 3 is 2.36 bits per heavy atom. The molecule has 1 aromatic rings. The number of amides is 1. The van der Waals surface area contributed by atoms with Gasteiger partial charge >= 0.3 is 0 Å². The van der Waals surface area contributed by atoms with Gasteiger partial charge in [0.05, 0.1) is 0 Å². The molecule has 2 rings (SSSR count). The van der Waals surface area contributed by atoms with Gasteiger partial charge in [0.2, 0.25) is 5.91 Å². The molecule has 4 heteroatoms. The number of rotatable bonds is 5. The van der Waals surface area contributed by atoms with Gasteiger partial charge in [0.25, 0.3) is 0 Å². The Morgan fingerprint density at radius 2 is 1.82 bits per heavy atom. The van der Waals surface area contributed by atoms with E-state index in [1.54, 1.807) is 0 Å². The molecule has 22 heavy (non-hydrogen) atoms. The lowest BCUT2D eigenvalue weighted by Crippen LogP contribution is -2.37. The van der Waals surface area contributed by atoms with Crippen molar-refractivity contribution in [3.8, 4) is 0 Å². The first kappa shape index (κ1) is 19.0. The third-order valence-electron chi connectivity index (χ3n) is 4.80. The highest BCUT2D eigenvalue weighted by Gasteiger charge is 2.20. The molecule has 0 radical (unpaired) electrons. The smallest absolute Gasteiger partial charge is 0.223 e. The Labute approximate surface area is 140 Å². The monoisotopic (exact) mass is 324 g/mol. The molecular formula is C18H29ClN2O. The van der Waals surface area contributed by atoms with E-state index in [0.717, 1.165) is 32.4 Å². The number of carbonyl (C=O) groups excluding carboxylic acids is 1. The molecule has 2 N–H and O–H groups in total. The molecule has 0 bridgehead atoms. The Bertz CT molecular complexity index is 464. The second-order valence-electron chi connectivity index (χ2n) is 6.68. The predicted octanol–water partition coefficient (Wildman–Crippen LogP) is 3.41. The number of hydrogen-bond acceptors (Lipinski definition) is 2. The van der Waals surface area contributed by atoms with Crippen molar-refractivity contribution in [2.75, 3.05) is 13.1 Å². The minimum Gasteiger partial charge on any atom is -0.352 e. The second kappa shape index (κ2) is 8.54. The zero-order chi connectivity index (χ0) is 15.3. The highest BCUT2D eigenvalue weighted by molar-refractivity contribution is 5.85. The molecule has 124 valence electrons. The van der Waals surface area contributed by atoms with Crippen molar-refractivity contribution < 1.29 is 4.79 Å². The SMILES string of the molecule is CCC(C)(C)c1ccc(CNC(=O)C2CCNCC2)cc1.Cl. The quantitative estimate of drug-likeness (QED) is 0.871. The van der Waals surface area contributed by atoms with E-state index in [0.29, 0.717) is 6.54 Å². The Hall–Kier alpha value is -1.06. The summed E-state index contributed by atoms with van der Waals surface area (Å²) in [7, 11) is 0. The van der Waals surface area contributed by atoms with E-state index in [4.69, 9.17) is 0 Å². The number of halogens is 1. The molecule has 1 aliphatic heterocycles. The van der Waals surface area contributed by atoms with Crippen LogP contribution in [0.4, 0.5) is 0 Å². The average Bonchev–Trinajstić information content (AvgIpc) is 2.54. The average molecular weight is 325 g/mol. The van der Waals surface area contributed by atoms with Gasteiger partial charge in [-0.15, -0.1) is 12.4 Å². The summed E-state index contributed by atoms with van der Waals surface area (Å²) in [6.45, 7) is 9.29. The van der Waals surface area contributed by atoms with Crippen molar-refractivity contribution >= 4 is 18.3 Å². The van der Waals surface area contributed by atoms with Gasteiger partial charge < -0.3 is 10.6 Å². The third kappa shape index (κ3) is 4.99. The Balaban J connectivity index is 0.00000242. The molecule has 1 fully saturated rings. The van der Waals surface area contributed by atoms with E-state index in [1.165, 1.54) is 11.1 Å². The van der Waals surface area contributed by atoms with E-state index >= 15 is 0 Å². The summed E-state index contributed by atoms with van der Waals surface area (Å²) < 4.78 is 0. The summed E-state index contributed by atoms with van der Waals surface area (Å²) in [6.07, 6.45) is 3.03. The molecule has 1 aromatic carbocycles. The molecular weight excluding hydrogens is 296 g/mol. The summed E-state index contributed by atoms with van der Waals surface area (Å²) >= 11 is 0. The number of piperidine rings is 1. The van der Waals surface area contributed by atoms with E-state index in [-0.39, 0.29) is 29.6 Å². The van der Waals surface area contributed by atoms with Crippen LogP contribution in [0.15, 0.2) is 24.3 Å². The third-order valence-corrected chi connectivity index (χ3v) is 4.80. The van der Waals surface area contributed by atoms with Crippen LogP contribution in [0.3, 0.4) is 0 Å². The van der Waals surface area contributed by atoms with Crippen molar-refractivity contribution in [3.05, 3.63) is 35.4 Å². The maximum absolute atomic E-state index is 12.1. The van der Waals surface area contributed by atoms with Crippen LogP contribution in [0.1, 0.15) is 51.2 Å². The van der Waals surface area contributed by atoms with E-state index in [9.17, 15) is 4.79 Å². The lowest BCUT2D eigenvalue weighted by Gasteiger charge is -2.24. The molecule has 0 spiro atoms. The minimum absolute atomic E-state index is 0. The summed E-state index contributed by atoms with van der Waals surface area (Å²) in [5.41, 5.74) is 2.75. The van der Waals surface area contributed by atoms with Crippen LogP contribution in [-0.4, -0.2) is 19.0 Å². The van der Waals surface area contributed by atoms with Crippen LogP contribution in [0.5, 0.6) is 0 Å².